The van der Waals surface area contributed by atoms with Crippen molar-refractivity contribution in [3.8, 4) is 0 Å². The number of aryl methyl sites for hydroxylation is 2. The quantitative estimate of drug-likeness (QED) is 0.810. The summed E-state index contributed by atoms with van der Waals surface area (Å²) in [5.74, 6) is -0.706. The Hall–Kier alpha value is -2.62. The van der Waals surface area contributed by atoms with Gasteiger partial charge in [0.15, 0.2) is 6.10 Å². The van der Waals surface area contributed by atoms with Gasteiger partial charge in [0.1, 0.15) is 0 Å². The summed E-state index contributed by atoms with van der Waals surface area (Å²) in [7, 11) is 1.68. The molecule has 0 N–H and O–H groups in total. The Bertz CT molecular complexity index is 755. The van der Waals surface area contributed by atoms with Crippen LogP contribution in [0.4, 0.5) is 5.69 Å². The largest absolute Gasteiger partial charge is 0.449 e. The number of carbonyl (C=O) groups is 2. The van der Waals surface area contributed by atoms with Crippen LogP contribution in [-0.4, -0.2) is 25.0 Å². The van der Waals surface area contributed by atoms with Crippen LogP contribution in [0, 0.1) is 0 Å². The molecule has 0 radical (unpaired) electrons. The highest BCUT2D eigenvalue weighted by atomic mass is 16.5. The second-order valence-corrected chi connectivity index (χ2v) is 6.12. The summed E-state index contributed by atoms with van der Waals surface area (Å²) in [6.45, 7) is 1.60. The predicted octanol–water partition coefficient (Wildman–Crippen LogP) is 3.38. The van der Waals surface area contributed by atoms with Gasteiger partial charge in [0.2, 0.25) is 0 Å². The molecule has 0 aromatic heterocycles. The van der Waals surface area contributed by atoms with E-state index >= 15 is 0 Å². The Morgan fingerprint density at radius 1 is 1.04 bits per heavy atom. The number of carbonyl (C=O) groups excluding carboxylic acids is 2. The molecule has 0 saturated heterocycles. The number of esters is 1. The molecule has 3 rings (SSSR count). The van der Waals surface area contributed by atoms with Crippen molar-refractivity contribution in [2.75, 3.05) is 11.9 Å². The smallest absolute Gasteiger partial charge is 0.338 e. The lowest BCUT2D eigenvalue weighted by atomic mass is 10.1. The van der Waals surface area contributed by atoms with E-state index in [-0.39, 0.29) is 5.91 Å². The Labute approximate surface area is 142 Å². The first-order valence-electron chi connectivity index (χ1n) is 8.21. The molecule has 1 aliphatic carbocycles. The molecule has 0 spiro atoms. The van der Waals surface area contributed by atoms with Gasteiger partial charge in [-0.05, 0) is 61.6 Å². The average Bonchev–Trinajstić information content (AvgIpc) is 3.08. The lowest BCUT2D eigenvalue weighted by Gasteiger charge is -2.21. The summed E-state index contributed by atoms with van der Waals surface area (Å²) in [6, 6.07) is 15.0. The minimum atomic E-state index is -0.837. The molecule has 2 aromatic carbocycles. The van der Waals surface area contributed by atoms with E-state index in [0.717, 1.165) is 24.9 Å². The van der Waals surface area contributed by atoms with E-state index in [0.29, 0.717) is 5.56 Å². The molecule has 4 heteroatoms. The third-order valence-electron chi connectivity index (χ3n) is 4.44. The number of anilines is 1. The molecule has 0 aliphatic heterocycles. The number of hydrogen-bond acceptors (Lipinski definition) is 3. The SMILES string of the molecule is C[C@@H](OC(=O)c1ccc2c(c1)CCC2)C(=O)N(C)c1ccccc1. The maximum absolute atomic E-state index is 12.4. The number of amides is 1. The minimum Gasteiger partial charge on any atom is -0.449 e. The van der Waals surface area contributed by atoms with Crippen LogP contribution < -0.4 is 4.90 Å². The standard InChI is InChI=1S/C20H21NO3/c1-14(19(22)21(2)18-9-4-3-5-10-18)24-20(23)17-12-11-15-7-6-8-16(15)13-17/h3-5,9-14H,6-8H2,1-2H3/t14-/m1/s1. The second-order valence-electron chi connectivity index (χ2n) is 6.12. The number of rotatable bonds is 4. The molecule has 0 bridgehead atoms. The van der Waals surface area contributed by atoms with Crippen molar-refractivity contribution >= 4 is 17.6 Å². The highest BCUT2D eigenvalue weighted by Crippen LogP contribution is 2.23. The van der Waals surface area contributed by atoms with Crippen molar-refractivity contribution in [3.63, 3.8) is 0 Å². The lowest BCUT2D eigenvalue weighted by Crippen LogP contribution is -2.37. The number of hydrogen-bond donors (Lipinski definition) is 0. The third kappa shape index (κ3) is 3.32. The number of ether oxygens (including phenoxy) is 1. The fourth-order valence-corrected chi connectivity index (χ4v) is 3.03. The Kier molecular flexibility index (Phi) is 4.65. The first-order valence-corrected chi connectivity index (χ1v) is 8.21. The molecule has 2 aromatic rings. The van der Waals surface area contributed by atoms with Crippen molar-refractivity contribution < 1.29 is 14.3 Å². The molecule has 0 unspecified atom stereocenters. The molecule has 0 heterocycles. The molecule has 1 amide bonds. The maximum Gasteiger partial charge on any atom is 0.338 e. The van der Waals surface area contributed by atoms with Crippen LogP contribution in [0.3, 0.4) is 0 Å². The molecule has 124 valence electrons. The van der Waals surface area contributed by atoms with Gasteiger partial charge >= 0.3 is 5.97 Å². The van der Waals surface area contributed by atoms with Gasteiger partial charge in [-0.25, -0.2) is 4.79 Å². The molecule has 4 nitrogen and oxygen atoms in total. The van der Waals surface area contributed by atoms with Crippen LogP contribution >= 0.6 is 0 Å². The number of para-hydroxylation sites is 1. The molecule has 0 fully saturated rings. The van der Waals surface area contributed by atoms with E-state index in [1.54, 1.807) is 20.0 Å². The maximum atomic E-state index is 12.4. The van der Waals surface area contributed by atoms with Crippen molar-refractivity contribution in [2.24, 2.45) is 0 Å². The van der Waals surface area contributed by atoms with Gasteiger partial charge in [-0.15, -0.1) is 0 Å². The Morgan fingerprint density at radius 2 is 1.75 bits per heavy atom. The normalized spacial score (nSPS) is 13.9. The zero-order valence-electron chi connectivity index (χ0n) is 14.0. The van der Waals surface area contributed by atoms with Crippen LogP contribution in [0.5, 0.6) is 0 Å². The highest BCUT2D eigenvalue weighted by Gasteiger charge is 2.23. The fraction of sp³-hybridized carbons (Fsp3) is 0.300. The van der Waals surface area contributed by atoms with Crippen LogP contribution in [0.25, 0.3) is 0 Å². The predicted molar refractivity (Wildman–Crippen MR) is 93.2 cm³/mol. The van der Waals surface area contributed by atoms with Gasteiger partial charge in [-0.1, -0.05) is 24.3 Å². The first-order chi connectivity index (χ1) is 11.6. The van der Waals surface area contributed by atoms with Gasteiger partial charge in [-0.2, -0.15) is 0 Å². The molecular formula is C20H21NO3. The van der Waals surface area contributed by atoms with Gasteiger partial charge in [-0.3, -0.25) is 4.79 Å². The summed E-state index contributed by atoms with van der Waals surface area (Å²) in [5.41, 5.74) is 3.80. The van der Waals surface area contributed by atoms with E-state index in [1.807, 2.05) is 42.5 Å². The summed E-state index contributed by atoms with van der Waals surface area (Å²) < 4.78 is 5.37. The lowest BCUT2D eigenvalue weighted by molar-refractivity contribution is -0.126. The average molecular weight is 323 g/mol. The summed E-state index contributed by atoms with van der Waals surface area (Å²) >= 11 is 0. The Morgan fingerprint density at radius 3 is 2.50 bits per heavy atom. The summed E-state index contributed by atoms with van der Waals surface area (Å²) in [4.78, 5) is 26.3. The van der Waals surface area contributed by atoms with Crippen LogP contribution in [0.2, 0.25) is 0 Å². The van der Waals surface area contributed by atoms with Crippen molar-refractivity contribution in [1.29, 1.82) is 0 Å². The van der Waals surface area contributed by atoms with Gasteiger partial charge in [0.05, 0.1) is 5.56 Å². The fourth-order valence-electron chi connectivity index (χ4n) is 3.03. The zero-order chi connectivity index (χ0) is 17.1. The second kappa shape index (κ2) is 6.87. The van der Waals surface area contributed by atoms with E-state index in [9.17, 15) is 9.59 Å². The van der Waals surface area contributed by atoms with Crippen molar-refractivity contribution in [2.45, 2.75) is 32.3 Å². The molecule has 1 atom stereocenters. The zero-order valence-corrected chi connectivity index (χ0v) is 14.0. The van der Waals surface area contributed by atoms with Crippen molar-refractivity contribution in [3.05, 3.63) is 65.2 Å². The van der Waals surface area contributed by atoms with Gasteiger partial charge in [0.25, 0.3) is 5.91 Å². The first kappa shape index (κ1) is 16.2. The number of nitrogens with zero attached hydrogens (tertiary/aromatic N) is 1. The van der Waals surface area contributed by atoms with Crippen LogP contribution in [0.15, 0.2) is 48.5 Å². The number of likely N-dealkylation sites (N-methyl/N-ethyl adjacent to an activating group) is 1. The third-order valence-corrected chi connectivity index (χ3v) is 4.44. The summed E-state index contributed by atoms with van der Waals surface area (Å²) in [6.07, 6.45) is 2.37. The molecule has 24 heavy (non-hydrogen) atoms. The van der Waals surface area contributed by atoms with E-state index in [1.165, 1.54) is 16.0 Å². The number of fused-ring (bicyclic) bond motifs is 1. The topological polar surface area (TPSA) is 46.6 Å². The van der Waals surface area contributed by atoms with Crippen LogP contribution in [0.1, 0.15) is 34.8 Å². The Balaban J connectivity index is 1.66. The molecule has 1 aliphatic rings. The minimum absolute atomic E-state index is 0.254. The van der Waals surface area contributed by atoms with Crippen LogP contribution in [-0.2, 0) is 22.4 Å². The van der Waals surface area contributed by atoms with Gasteiger partial charge < -0.3 is 9.64 Å². The van der Waals surface area contributed by atoms with E-state index in [2.05, 4.69) is 0 Å². The van der Waals surface area contributed by atoms with E-state index in [4.69, 9.17) is 4.74 Å². The highest BCUT2D eigenvalue weighted by molar-refractivity contribution is 5.98. The molecular weight excluding hydrogens is 302 g/mol. The monoisotopic (exact) mass is 323 g/mol. The molecule has 0 saturated carbocycles. The number of benzene rings is 2. The van der Waals surface area contributed by atoms with E-state index < -0.39 is 12.1 Å². The summed E-state index contributed by atoms with van der Waals surface area (Å²) in [5, 5.41) is 0. The van der Waals surface area contributed by atoms with Crippen molar-refractivity contribution in [1.82, 2.24) is 0 Å². The van der Waals surface area contributed by atoms with Gasteiger partial charge in [0, 0.05) is 12.7 Å².